The fourth-order valence-corrected chi connectivity index (χ4v) is 1.90. The van der Waals surface area contributed by atoms with E-state index in [1.807, 2.05) is 5.32 Å². The number of carbonyl (C=O) groups excluding carboxylic acids is 2. The summed E-state index contributed by atoms with van der Waals surface area (Å²) in [6.07, 6.45) is -1.04. The van der Waals surface area contributed by atoms with Crippen molar-refractivity contribution in [1.29, 1.82) is 0 Å². The number of ether oxygens (including phenoxy) is 1. The third-order valence-electron chi connectivity index (χ3n) is 3.46. The van der Waals surface area contributed by atoms with E-state index in [2.05, 4.69) is 5.32 Å². The minimum atomic E-state index is -1.63. The number of amides is 2. The van der Waals surface area contributed by atoms with Crippen LogP contribution in [0.4, 0.5) is 4.79 Å². The number of alkyl carbamates (subject to hydrolysis) is 1. The normalized spacial score (nSPS) is 13.8. The summed E-state index contributed by atoms with van der Waals surface area (Å²) in [6.45, 7) is 0.170. The predicted molar refractivity (Wildman–Crippen MR) is 87.0 cm³/mol. The van der Waals surface area contributed by atoms with Crippen LogP contribution in [0.1, 0.15) is 12.5 Å². The van der Waals surface area contributed by atoms with Crippen molar-refractivity contribution in [2.75, 3.05) is 6.61 Å². The number of carboxylic acid groups (broad SMARTS) is 2. The standard InChI is InChI=1S/C16H20N2O8/c1-9(14(21)22)12(13(20)17-11(7-19)15(23)24)18-16(25)26-8-10-5-3-2-4-6-10/h2-6,9,11-12,19H,7-8H2,1H3,(H,17,20)(H,18,25)(H,21,22)(H,23,24)/t9?,11-,12+/m1/s1. The Morgan fingerprint density at radius 2 is 1.65 bits per heavy atom. The van der Waals surface area contributed by atoms with Gasteiger partial charge in [-0.15, -0.1) is 0 Å². The Hall–Kier alpha value is -3.14. The van der Waals surface area contributed by atoms with Crippen molar-refractivity contribution in [3.8, 4) is 0 Å². The molecular weight excluding hydrogens is 348 g/mol. The number of benzene rings is 1. The number of aliphatic hydroxyl groups excluding tert-OH is 1. The molecule has 0 radical (unpaired) electrons. The Morgan fingerprint density at radius 1 is 1.04 bits per heavy atom. The highest BCUT2D eigenvalue weighted by Gasteiger charge is 2.34. The molecule has 1 rings (SSSR count). The minimum absolute atomic E-state index is 0.100. The maximum atomic E-state index is 12.2. The van der Waals surface area contributed by atoms with Gasteiger partial charge in [-0.1, -0.05) is 30.3 Å². The van der Waals surface area contributed by atoms with Gasteiger partial charge in [0.2, 0.25) is 5.91 Å². The molecule has 1 aromatic rings. The molecule has 2 amide bonds. The quantitative estimate of drug-likeness (QED) is 0.392. The van der Waals surface area contributed by atoms with Gasteiger partial charge in [0, 0.05) is 0 Å². The first kappa shape index (κ1) is 20.9. The molecule has 0 aliphatic carbocycles. The lowest BCUT2D eigenvalue weighted by molar-refractivity contribution is -0.146. The molecule has 0 aromatic heterocycles. The first-order chi connectivity index (χ1) is 12.3. The Bertz CT molecular complexity index is 649. The second kappa shape index (κ2) is 9.99. The van der Waals surface area contributed by atoms with E-state index in [-0.39, 0.29) is 6.61 Å². The molecule has 0 fully saturated rings. The molecule has 26 heavy (non-hydrogen) atoms. The van der Waals surface area contributed by atoms with E-state index in [0.717, 1.165) is 0 Å². The number of hydrogen-bond donors (Lipinski definition) is 5. The van der Waals surface area contributed by atoms with Gasteiger partial charge in [0.05, 0.1) is 12.5 Å². The lowest BCUT2D eigenvalue weighted by Crippen LogP contribution is -2.56. The van der Waals surface area contributed by atoms with Crippen LogP contribution in [0.25, 0.3) is 0 Å². The third-order valence-corrected chi connectivity index (χ3v) is 3.46. The highest BCUT2D eigenvalue weighted by atomic mass is 16.5. The van der Waals surface area contributed by atoms with E-state index in [1.165, 1.54) is 6.92 Å². The van der Waals surface area contributed by atoms with E-state index >= 15 is 0 Å². The van der Waals surface area contributed by atoms with Crippen molar-refractivity contribution in [1.82, 2.24) is 10.6 Å². The van der Waals surface area contributed by atoms with Crippen molar-refractivity contribution >= 4 is 23.9 Å². The first-order valence-corrected chi connectivity index (χ1v) is 7.60. The maximum absolute atomic E-state index is 12.2. The smallest absolute Gasteiger partial charge is 0.408 e. The Morgan fingerprint density at radius 3 is 2.15 bits per heavy atom. The summed E-state index contributed by atoms with van der Waals surface area (Å²) in [7, 11) is 0. The SMILES string of the molecule is CC(C(=O)O)[C@H](NC(=O)OCc1ccccc1)C(=O)N[C@H](CO)C(=O)O. The van der Waals surface area contributed by atoms with Crippen LogP contribution in [0.3, 0.4) is 0 Å². The highest BCUT2D eigenvalue weighted by Crippen LogP contribution is 2.06. The van der Waals surface area contributed by atoms with Crippen LogP contribution >= 0.6 is 0 Å². The molecule has 142 valence electrons. The van der Waals surface area contributed by atoms with E-state index in [0.29, 0.717) is 5.56 Å². The number of nitrogens with one attached hydrogen (secondary N) is 2. The molecule has 3 atom stereocenters. The summed E-state index contributed by atoms with van der Waals surface area (Å²) in [4.78, 5) is 46.1. The van der Waals surface area contributed by atoms with Gasteiger partial charge in [-0.3, -0.25) is 9.59 Å². The van der Waals surface area contributed by atoms with Crippen molar-refractivity contribution in [2.45, 2.75) is 25.6 Å². The number of hydrogen-bond acceptors (Lipinski definition) is 6. The van der Waals surface area contributed by atoms with Crippen molar-refractivity contribution < 1.29 is 39.2 Å². The summed E-state index contributed by atoms with van der Waals surface area (Å²) < 4.78 is 4.93. The molecule has 10 heteroatoms. The van der Waals surface area contributed by atoms with Crippen molar-refractivity contribution in [2.24, 2.45) is 5.92 Å². The number of carboxylic acids is 2. The fraction of sp³-hybridized carbons (Fsp3) is 0.375. The third kappa shape index (κ3) is 6.40. The molecule has 0 aliphatic heterocycles. The minimum Gasteiger partial charge on any atom is -0.481 e. The first-order valence-electron chi connectivity index (χ1n) is 7.60. The predicted octanol–water partition coefficient (Wildman–Crippen LogP) is -0.436. The zero-order chi connectivity index (χ0) is 19.7. The van der Waals surface area contributed by atoms with Gasteiger partial charge in [-0.05, 0) is 12.5 Å². The van der Waals surface area contributed by atoms with Gasteiger partial charge < -0.3 is 30.7 Å². The lowest BCUT2D eigenvalue weighted by Gasteiger charge is -2.23. The topological polar surface area (TPSA) is 162 Å². The van der Waals surface area contributed by atoms with Crippen LogP contribution in [0.5, 0.6) is 0 Å². The monoisotopic (exact) mass is 368 g/mol. The summed E-state index contributed by atoms with van der Waals surface area (Å²) in [6, 6.07) is 5.43. The van der Waals surface area contributed by atoms with E-state index in [9.17, 15) is 19.2 Å². The zero-order valence-electron chi connectivity index (χ0n) is 13.9. The van der Waals surface area contributed by atoms with E-state index in [4.69, 9.17) is 20.1 Å². The molecule has 5 N–H and O–H groups in total. The van der Waals surface area contributed by atoms with Gasteiger partial charge in [0.15, 0.2) is 0 Å². The largest absolute Gasteiger partial charge is 0.481 e. The van der Waals surface area contributed by atoms with Crippen LogP contribution < -0.4 is 10.6 Å². The lowest BCUT2D eigenvalue weighted by atomic mass is 10.0. The summed E-state index contributed by atoms with van der Waals surface area (Å²) in [5.41, 5.74) is 0.682. The van der Waals surface area contributed by atoms with Gasteiger partial charge >= 0.3 is 18.0 Å². The molecule has 0 aliphatic rings. The second-order valence-corrected chi connectivity index (χ2v) is 5.39. The molecule has 10 nitrogen and oxygen atoms in total. The number of aliphatic hydroxyl groups is 1. The van der Waals surface area contributed by atoms with Gasteiger partial charge in [0.1, 0.15) is 18.7 Å². The Labute approximate surface area is 148 Å². The van der Waals surface area contributed by atoms with E-state index in [1.54, 1.807) is 30.3 Å². The molecule has 0 saturated carbocycles. The van der Waals surface area contributed by atoms with E-state index < -0.39 is 48.5 Å². The molecule has 1 aromatic carbocycles. The van der Waals surface area contributed by atoms with Crippen molar-refractivity contribution in [3.63, 3.8) is 0 Å². The van der Waals surface area contributed by atoms with Crippen LogP contribution in [0.2, 0.25) is 0 Å². The molecule has 0 bridgehead atoms. The second-order valence-electron chi connectivity index (χ2n) is 5.39. The summed E-state index contributed by atoms with van der Waals surface area (Å²) in [5.74, 6) is -5.33. The molecular formula is C16H20N2O8. The zero-order valence-corrected chi connectivity index (χ0v) is 13.9. The number of rotatable bonds is 9. The number of carbonyl (C=O) groups is 4. The maximum Gasteiger partial charge on any atom is 0.408 e. The molecule has 0 saturated heterocycles. The van der Waals surface area contributed by atoms with Gasteiger partial charge in [-0.2, -0.15) is 0 Å². The van der Waals surface area contributed by atoms with Crippen LogP contribution in [0, 0.1) is 5.92 Å². The van der Waals surface area contributed by atoms with Crippen molar-refractivity contribution in [3.05, 3.63) is 35.9 Å². The van der Waals surface area contributed by atoms with Crippen LogP contribution in [-0.2, 0) is 25.7 Å². The fourth-order valence-electron chi connectivity index (χ4n) is 1.90. The average Bonchev–Trinajstić information content (AvgIpc) is 2.62. The van der Waals surface area contributed by atoms with Crippen LogP contribution in [-0.4, -0.2) is 57.9 Å². The van der Waals surface area contributed by atoms with Gasteiger partial charge in [0.25, 0.3) is 0 Å². The molecule has 0 heterocycles. The molecule has 1 unspecified atom stereocenters. The highest BCUT2D eigenvalue weighted by molar-refractivity contribution is 5.92. The summed E-state index contributed by atoms with van der Waals surface area (Å²) >= 11 is 0. The average molecular weight is 368 g/mol. The summed E-state index contributed by atoms with van der Waals surface area (Å²) in [5, 5.41) is 30.9. The Kier molecular flexibility index (Phi) is 8.03. The molecule has 0 spiro atoms. The van der Waals surface area contributed by atoms with Crippen LogP contribution in [0.15, 0.2) is 30.3 Å². The number of aliphatic carboxylic acids is 2. The van der Waals surface area contributed by atoms with Gasteiger partial charge in [-0.25, -0.2) is 9.59 Å². The Balaban J connectivity index is 2.76.